The van der Waals surface area contributed by atoms with Gasteiger partial charge in [0.15, 0.2) is 0 Å². The Balaban J connectivity index is 2.82. The second-order valence-electron chi connectivity index (χ2n) is 5.31. The standard InChI is InChI=1S/C14H22ClNO2/c1-10(2)18-13-6-5-12(15)7-11(13)8-16-14(3,4)9-17/h5-7,10,16-17H,8-9H2,1-4H3. The smallest absolute Gasteiger partial charge is 0.124 e. The Kier molecular flexibility index (Phi) is 5.45. The first-order valence-corrected chi connectivity index (χ1v) is 6.53. The van der Waals surface area contributed by atoms with E-state index in [9.17, 15) is 5.11 Å². The molecule has 4 heteroatoms. The molecule has 0 heterocycles. The minimum atomic E-state index is -0.322. The molecule has 1 aromatic rings. The molecule has 0 aliphatic heterocycles. The fourth-order valence-corrected chi connectivity index (χ4v) is 1.64. The normalized spacial score (nSPS) is 11.9. The van der Waals surface area contributed by atoms with E-state index in [1.54, 1.807) is 0 Å². The fraction of sp³-hybridized carbons (Fsp3) is 0.571. The molecule has 3 nitrogen and oxygen atoms in total. The Morgan fingerprint density at radius 3 is 2.61 bits per heavy atom. The van der Waals surface area contributed by atoms with Crippen LogP contribution in [-0.2, 0) is 6.54 Å². The third-order valence-electron chi connectivity index (χ3n) is 2.54. The van der Waals surface area contributed by atoms with Crippen LogP contribution in [0.25, 0.3) is 0 Å². The summed E-state index contributed by atoms with van der Waals surface area (Å²) in [5.74, 6) is 0.829. The monoisotopic (exact) mass is 271 g/mol. The predicted molar refractivity (Wildman–Crippen MR) is 75.2 cm³/mol. The van der Waals surface area contributed by atoms with Crippen molar-refractivity contribution in [1.82, 2.24) is 5.32 Å². The highest BCUT2D eigenvalue weighted by Crippen LogP contribution is 2.24. The number of benzene rings is 1. The summed E-state index contributed by atoms with van der Waals surface area (Å²) < 4.78 is 5.74. The molecule has 0 amide bonds. The number of hydrogen-bond donors (Lipinski definition) is 2. The van der Waals surface area contributed by atoms with E-state index in [2.05, 4.69) is 5.32 Å². The van der Waals surface area contributed by atoms with Crippen LogP contribution < -0.4 is 10.1 Å². The number of aliphatic hydroxyl groups is 1. The summed E-state index contributed by atoms with van der Waals surface area (Å²) in [6, 6.07) is 5.59. The predicted octanol–water partition coefficient (Wildman–Crippen LogP) is 2.99. The Labute approximate surface area is 114 Å². The molecule has 0 fully saturated rings. The van der Waals surface area contributed by atoms with E-state index in [-0.39, 0.29) is 18.2 Å². The first-order valence-electron chi connectivity index (χ1n) is 6.15. The topological polar surface area (TPSA) is 41.5 Å². The zero-order valence-corrected chi connectivity index (χ0v) is 12.2. The van der Waals surface area contributed by atoms with Gasteiger partial charge in [-0.25, -0.2) is 0 Å². The van der Waals surface area contributed by atoms with Gasteiger partial charge in [0, 0.05) is 22.7 Å². The van der Waals surface area contributed by atoms with Gasteiger partial charge in [0.25, 0.3) is 0 Å². The Morgan fingerprint density at radius 2 is 2.06 bits per heavy atom. The van der Waals surface area contributed by atoms with Gasteiger partial charge in [0.1, 0.15) is 5.75 Å². The summed E-state index contributed by atoms with van der Waals surface area (Å²) in [4.78, 5) is 0. The molecule has 0 atom stereocenters. The van der Waals surface area contributed by atoms with Gasteiger partial charge in [-0.3, -0.25) is 0 Å². The van der Waals surface area contributed by atoms with Crippen LogP contribution in [0, 0.1) is 0 Å². The summed E-state index contributed by atoms with van der Waals surface area (Å²) in [6.45, 7) is 8.55. The van der Waals surface area contributed by atoms with Gasteiger partial charge in [-0.1, -0.05) is 11.6 Å². The van der Waals surface area contributed by atoms with Crippen molar-refractivity contribution in [2.45, 2.75) is 45.9 Å². The van der Waals surface area contributed by atoms with Gasteiger partial charge in [0.2, 0.25) is 0 Å². The summed E-state index contributed by atoms with van der Waals surface area (Å²) in [7, 11) is 0. The molecule has 0 unspecified atom stereocenters. The van der Waals surface area contributed by atoms with Gasteiger partial charge < -0.3 is 15.2 Å². The van der Waals surface area contributed by atoms with Gasteiger partial charge in [-0.05, 0) is 45.9 Å². The summed E-state index contributed by atoms with van der Waals surface area (Å²) in [5, 5.41) is 13.2. The van der Waals surface area contributed by atoms with E-state index in [4.69, 9.17) is 16.3 Å². The number of rotatable bonds is 6. The highest BCUT2D eigenvalue weighted by atomic mass is 35.5. The van der Waals surface area contributed by atoms with E-state index in [1.165, 1.54) is 0 Å². The first kappa shape index (κ1) is 15.3. The molecular formula is C14H22ClNO2. The molecule has 0 saturated carbocycles. The largest absolute Gasteiger partial charge is 0.491 e. The molecular weight excluding hydrogens is 250 g/mol. The molecule has 0 aliphatic carbocycles. The van der Waals surface area contributed by atoms with Crippen LogP contribution in [0.3, 0.4) is 0 Å². The van der Waals surface area contributed by atoms with Crippen molar-refractivity contribution < 1.29 is 9.84 Å². The minimum Gasteiger partial charge on any atom is -0.491 e. The van der Waals surface area contributed by atoms with Gasteiger partial charge in [0.05, 0.1) is 12.7 Å². The maximum absolute atomic E-state index is 9.22. The maximum Gasteiger partial charge on any atom is 0.124 e. The Hall–Kier alpha value is -0.770. The average Bonchev–Trinajstić information content (AvgIpc) is 2.29. The van der Waals surface area contributed by atoms with Crippen LogP contribution in [0.1, 0.15) is 33.3 Å². The van der Waals surface area contributed by atoms with Gasteiger partial charge in [-0.2, -0.15) is 0 Å². The van der Waals surface area contributed by atoms with Crippen molar-refractivity contribution in [2.75, 3.05) is 6.61 Å². The molecule has 0 aliphatic rings. The Bertz CT molecular complexity index is 391. The molecule has 2 N–H and O–H groups in total. The highest BCUT2D eigenvalue weighted by Gasteiger charge is 2.16. The van der Waals surface area contributed by atoms with Crippen molar-refractivity contribution in [2.24, 2.45) is 0 Å². The molecule has 1 aromatic carbocycles. The number of ether oxygens (including phenoxy) is 1. The fourth-order valence-electron chi connectivity index (χ4n) is 1.45. The van der Waals surface area contributed by atoms with Crippen molar-refractivity contribution in [3.8, 4) is 5.75 Å². The summed E-state index contributed by atoms with van der Waals surface area (Å²) in [5.41, 5.74) is 0.676. The molecule has 102 valence electrons. The Morgan fingerprint density at radius 1 is 1.39 bits per heavy atom. The summed E-state index contributed by atoms with van der Waals surface area (Å²) >= 11 is 6.00. The van der Waals surface area contributed by atoms with Gasteiger partial charge >= 0.3 is 0 Å². The number of halogens is 1. The maximum atomic E-state index is 9.22. The van der Waals surface area contributed by atoms with Gasteiger partial charge in [-0.15, -0.1) is 0 Å². The van der Waals surface area contributed by atoms with Crippen LogP contribution in [0.15, 0.2) is 18.2 Å². The average molecular weight is 272 g/mol. The third-order valence-corrected chi connectivity index (χ3v) is 2.77. The lowest BCUT2D eigenvalue weighted by atomic mass is 10.1. The molecule has 0 radical (unpaired) electrons. The lowest BCUT2D eigenvalue weighted by Gasteiger charge is -2.24. The second-order valence-corrected chi connectivity index (χ2v) is 5.75. The molecule has 0 saturated heterocycles. The molecule has 0 spiro atoms. The molecule has 0 bridgehead atoms. The van der Waals surface area contributed by atoms with Crippen LogP contribution >= 0.6 is 11.6 Å². The van der Waals surface area contributed by atoms with Crippen LogP contribution in [0.2, 0.25) is 5.02 Å². The zero-order chi connectivity index (χ0) is 13.8. The quantitative estimate of drug-likeness (QED) is 0.836. The van der Waals surface area contributed by atoms with Crippen LogP contribution in [0.5, 0.6) is 5.75 Å². The molecule has 1 rings (SSSR count). The number of nitrogens with one attached hydrogen (secondary N) is 1. The lowest BCUT2D eigenvalue weighted by molar-refractivity contribution is 0.186. The summed E-state index contributed by atoms with van der Waals surface area (Å²) in [6.07, 6.45) is 0.121. The van der Waals surface area contributed by atoms with E-state index in [0.717, 1.165) is 11.3 Å². The second kappa shape index (κ2) is 6.41. The van der Waals surface area contributed by atoms with E-state index in [1.807, 2.05) is 45.9 Å². The van der Waals surface area contributed by atoms with Crippen molar-refractivity contribution >= 4 is 11.6 Å². The molecule has 0 aromatic heterocycles. The minimum absolute atomic E-state index is 0.0773. The highest BCUT2D eigenvalue weighted by molar-refractivity contribution is 6.30. The lowest BCUT2D eigenvalue weighted by Crippen LogP contribution is -2.42. The van der Waals surface area contributed by atoms with E-state index in [0.29, 0.717) is 11.6 Å². The van der Waals surface area contributed by atoms with Crippen molar-refractivity contribution in [3.05, 3.63) is 28.8 Å². The van der Waals surface area contributed by atoms with Crippen molar-refractivity contribution in [3.63, 3.8) is 0 Å². The SMILES string of the molecule is CC(C)Oc1ccc(Cl)cc1CNC(C)(C)CO. The van der Waals surface area contributed by atoms with Crippen LogP contribution in [-0.4, -0.2) is 23.4 Å². The van der Waals surface area contributed by atoms with Crippen molar-refractivity contribution in [1.29, 1.82) is 0 Å². The zero-order valence-electron chi connectivity index (χ0n) is 11.5. The van der Waals surface area contributed by atoms with E-state index >= 15 is 0 Å². The number of aliphatic hydroxyl groups excluding tert-OH is 1. The molecule has 18 heavy (non-hydrogen) atoms. The third kappa shape index (κ3) is 4.84. The van der Waals surface area contributed by atoms with E-state index < -0.39 is 0 Å². The van der Waals surface area contributed by atoms with Crippen LogP contribution in [0.4, 0.5) is 0 Å². The number of hydrogen-bond acceptors (Lipinski definition) is 3. The first-order chi connectivity index (χ1) is 8.34.